The molecule has 0 saturated carbocycles. The molecule has 2 heteroatoms. The van der Waals surface area contributed by atoms with Gasteiger partial charge in [-0.1, -0.05) is 45.0 Å². The summed E-state index contributed by atoms with van der Waals surface area (Å²) in [5.74, 6) is 0.427. The highest BCUT2D eigenvalue weighted by Gasteiger charge is 2.26. The molecule has 0 atom stereocenters. The van der Waals surface area contributed by atoms with Crippen LogP contribution in [-0.4, -0.2) is 4.57 Å². The number of rotatable bonds is 3. The van der Waals surface area contributed by atoms with Crippen LogP contribution in [0.4, 0.5) is 0 Å². The monoisotopic (exact) mass is 331 g/mol. The van der Waals surface area contributed by atoms with Crippen LogP contribution in [0.2, 0.25) is 0 Å². The highest BCUT2D eigenvalue weighted by atomic mass is 16.1. The standard InChI is InChI=1S/C23H25NO/c1-5-15-7-9-18-17(11-15)13-20-22(18)24(6-2)21-10-8-16(14(3)4)12-19(21)23(20)25/h7-12,14H,5-6,13H2,1-4H3. The van der Waals surface area contributed by atoms with Gasteiger partial charge in [0.25, 0.3) is 0 Å². The first-order chi connectivity index (χ1) is 12.0. The largest absolute Gasteiger partial charge is 0.340 e. The van der Waals surface area contributed by atoms with Crippen molar-refractivity contribution in [1.29, 1.82) is 0 Å². The number of fused-ring (bicyclic) bond motifs is 4. The molecule has 0 bridgehead atoms. The Morgan fingerprint density at radius 2 is 1.88 bits per heavy atom. The summed E-state index contributed by atoms with van der Waals surface area (Å²) in [5, 5.41) is 0.871. The summed E-state index contributed by atoms with van der Waals surface area (Å²) < 4.78 is 2.33. The van der Waals surface area contributed by atoms with Gasteiger partial charge in [0, 0.05) is 29.5 Å². The fraction of sp³-hybridized carbons (Fsp3) is 0.348. The van der Waals surface area contributed by atoms with Crippen LogP contribution in [0.5, 0.6) is 0 Å². The van der Waals surface area contributed by atoms with Gasteiger partial charge in [0.05, 0.1) is 11.2 Å². The molecule has 0 fully saturated rings. The van der Waals surface area contributed by atoms with E-state index in [0.717, 1.165) is 41.5 Å². The third-order valence-electron chi connectivity index (χ3n) is 5.57. The average molecular weight is 331 g/mol. The average Bonchev–Trinajstić information content (AvgIpc) is 3.00. The van der Waals surface area contributed by atoms with Crippen molar-refractivity contribution in [3.63, 3.8) is 0 Å². The molecular formula is C23H25NO. The molecule has 0 N–H and O–H groups in total. The molecule has 2 nitrogen and oxygen atoms in total. The van der Waals surface area contributed by atoms with Crippen LogP contribution in [0, 0.1) is 0 Å². The Morgan fingerprint density at radius 1 is 1.08 bits per heavy atom. The maximum Gasteiger partial charge on any atom is 0.193 e. The lowest BCUT2D eigenvalue weighted by Gasteiger charge is -2.17. The highest BCUT2D eigenvalue weighted by molar-refractivity contribution is 5.87. The van der Waals surface area contributed by atoms with Gasteiger partial charge in [-0.25, -0.2) is 0 Å². The van der Waals surface area contributed by atoms with Crippen molar-refractivity contribution >= 4 is 10.9 Å². The molecule has 0 spiro atoms. The molecule has 1 aliphatic rings. The summed E-state index contributed by atoms with van der Waals surface area (Å²) in [4.78, 5) is 13.3. The molecule has 0 saturated heterocycles. The zero-order valence-corrected chi connectivity index (χ0v) is 15.5. The first-order valence-corrected chi connectivity index (χ1v) is 9.36. The Balaban J connectivity index is 2.06. The van der Waals surface area contributed by atoms with Gasteiger partial charge in [0.15, 0.2) is 5.43 Å². The molecule has 2 aromatic carbocycles. The van der Waals surface area contributed by atoms with E-state index in [4.69, 9.17) is 0 Å². The Hall–Kier alpha value is -2.35. The number of aromatic nitrogens is 1. The van der Waals surface area contributed by atoms with Crippen LogP contribution in [0.25, 0.3) is 22.2 Å². The summed E-state index contributed by atoms with van der Waals surface area (Å²) >= 11 is 0. The molecule has 4 rings (SSSR count). The quantitative estimate of drug-likeness (QED) is 0.501. The van der Waals surface area contributed by atoms with Gasteiger partial charge >= 0.3 is 0 Å². The van der Waals surface area contributed by atoms with Crippen LogP contribution < -0.4 is 5.43 Å². The second kappa shape index (κ2) is 5.87. The van der Waals surface area contributed by atoms with Crippen molar-refractivity contribution in [1.82, 2.24) is 4.57 Å². The zero-order valence-electron chi connectivity index (χ0n) is 15.5. The molecule has 1 heterocycles. The van der Waals surface area contributed by atoms with Crippen LogP contribution >= 0.6 is 0 Å². The fourth-order valence-corrected chi connectivity index (χ4v) is 4.12. The SMILES string of the molecule is CCc1ccc2c(c1)Cc1c-2n(CC)c2ccc(C(C)C)cc2c1=O. The minimum Gasteiger partial charge on any atom is -0.340 e. The van der Waals surface area contributed by atoms with E-state index in [1.165, 1.54) is 22.3 Å². The van der Waals surface area contributed by atoms with Gasteiger partial charge < -0.3 is 4.57 Å². The van der Waals surface area contributed by atoms with E-state index in [9.17, 15) is 4.79 Å². The van der Waals surface area contributed by atoms with Crippen LogP contribution in [0.15, 0.2) is 41.2 Å². The van der Waals surface area contributed by atoms with E-state index >= 15 is 0 Å². The van der Waals surface area contributed by atoms with E-state index in [2.05, 4.69) is 68.7 Å². The Labute approximate surface area is 149 Å². The van der Waals surface area contributed by atoms with Crippen molar-refractivity contribution in [2.24, 2.45) is 0 Å². The van der Waals surface area contributed by atoms with Crippen molar-refractivity contribution in [3.05, 3.63) is 68.9 Å². The Bertz CT molecular complexity index is 1040. The lowest BCUT2D eigenvalue weighted by atomic mass is 9.99. The number of hydrogen-bond donors (Lipinski definition) is 0. The Kier molecular flexibility index (Phi) is 3.79. The minimum absolute atomic E-state index is 0.214. The third-order valence-corrected chi connectivity index (χ3v) is 5.57. The van der Waals surface area contributed by atoms with Crippen LogP contribution in [0.1, 0.15) is 55.9 Å². The molecule has 25 heavy (non-hydrogen) atoms. The van der Waals surface area contributed by atoms with Gasteiger partial charge in [-0.05, 0) is 48.1 Å². The summed E-state index contributed by atoms with van der Waals surface area (Å²) in [6.07, 6.45) is 1.79. The van der Waals surface area contributed by atoms with Crippen molar-refractivity contribution in [2.75, 3.05) is 0 Å². The minimum atomic E-state index is 0.214. The van der Waals surface area contributed by atoms with E-state index in [0.29, 0.717) is 5.92 Å². The van der Waals surface area contributed by atoms with Crippen LogP contribution in [-0.2, 0) is 19.4 Å². The molecule has 0 radical (unpaired) electrons. The highest BCUT2D eigenvalue weighted by Crippen LogP contribution is 2.37. The van der Waals surface area contributed by atoms with E-state index in [1.807, 2.05) is 0 Å². The Morgan fingerprint density at radius 3 is 2.56 bits per heavy atom. The van der Waals surface area contributed by atoms with Crippen molar-refractivity contribution < 1.29 is 0 Å². The van der Waals surface area contributed by atoms with Gasteiger partial charge in [0.2, 0.25) is 0 Å². The number of benzene rings is 2. The molecule has 128 valence electrons. The third kappa shape index (κ3) is 2.35. The molecule has 0 amide bonds. The van der Waals surface area contributed by atoms with Crippen LogP contribution in [0.3, 0.4) is 0 Å². The van der Waals surface area contributed by atoms with Gasteiger partial charge in [-0.2, -0.15) is 0 Å². The van der Waals surface area contributed by atoms with E-state index in [-0.39, 0.29) is 5.43 Å². The molecule has 3 aromatic rings. The number of pyridine rings is 1. The van der Waals surface area contributed by atoms with Gasteiger partial charge in [-0.15, -0.1) is 0 Å². The lowest BCUT2D eigenvalue weighted by molar-refractivity contribution is 0.792. The molecule has 0 aliphatic heterocycles. The smallest absolute Gasteiger partial charge is 0.193 e. The van der Waals surface area contributed by atoms with Crippen molar-refractivity contribution in [3.8, 4) is 11.3 Å². The zero-order chi connectivity index (χ0) is 17.7. The first-order valence-electron chi connectivity index (χ1n) is 9.36. The summed E-state index contributed by atoms with van der Waals surface area (Å²) in [6.45, 7) is 9.56. The number of hydrogen-bond acceptors (Lipinski definition) is 1. The van der Waals surface area contributed by atoms with E-state index in [1.54, 1.807) is 0 Å². The summed E-state index contributed by atoms with van der Waals surface area (Å²) in [6, 6.07) is 13.1. The molecule has 1 aliphatic carbocycles. The number of nitrogens with zero attached hydrogens (tertiary/aromatic N) is 1. The van der Waals surface area contributed by atoms with Gasteiger partial charge in [-0.3, -0.25) is 4.79 Å². The molecule has 0 unspecified atom stereocenters. The second-order valence-corrected chi connectivity index (χ2v) is 7.35. The second-order valence-electron chi connectivity index (χ2n) is 7.35. The number of aryl methyl sites for hydroxylation is 2. The maximum atomic E-state index is 13.3. The predicted octanol–water partition coefficient (Wildman–Crippen LogP) is 5.28. The molecular weight excluding hydrogens is 306 g/mol. The predicted molar refractivity (Wildman–Crippen MR) is 106 cm³/mol. The lowest BCUT2D eigenvalue weighted by Crippen LogP contribution is -2.15. The summed E-state index contributed by atoms with van der Waals surface area (Å²) in [7, 11) is 0. The summed E-state index contributed by atoms with van der Waals surface area (Å²) in [5.41, 5.74) is 8.49. The van der Waals surface area contributed by atoms with Gasteiger partial charge in [0.1, 0.15) is 0 Å². The van der Waals surface area contributed by atoms with E-state index < -0.39 is 0 Å². The maximum absolute atomic E-state index is 13.3. The normalized spacial score (nSPS) is 12.7. The fourth-order valence-electron chi connectivity index (χ4n) is 4.12. The topological polar surface area (TPSA) is 22.0 Å². The van der Waals surface area contributed by atoms with Crippen molar-refractivity contribution in [2.45, 2.75) is 53.0 Å². The molecule has 1 aromatic heterocycles. The first kappa shape index (κ1) is 16.1.